The number of hydrogen-bond acceptors (Lipinski definition) is 0. The fourth-order valence-electron chi connectivity index (χ4n) is 10.8. The Morgan fingerprint density at radius 3 is 1.96 bits per heavy atom. The fraction of sp³-hybridized carbons (Fsp3) is 0.182. The van der Waals surface area contributed by atoms with Gasteiger partial charge in [-0.15, -0.1) is 0 Å². The van der Waals surface area contributed by atoms with Crippen molar-refractivity contribution < 1.29 is 4.57 Å². The summed E-state index contributed by atoms with van der Waals surface area (Å²) in [5.74, 6) is 0. The highest BCUT2D eigenvalue weighted by atomic mass is 15.1. The van der Waals surface area contributed by atoms with E-state index in [9.17, 15) is 0 Å². The maximum atomic E-state index is 2.65. The molecule has 2 heteroatoms. The molecule has 276 valence electrons. The van der Waals surface area contributed by atoms with Crippen molar-refractivity contribution in [3.63, 3.8) is 0 Å². The van der Waals surface area contributed by atoms with Gasteiger partial charge in [0.1, 0.15) is 0 Å². The molecule has 2 aliphatic heterocycles. The molecule has 7 aromatic carbocycles. The summed E-state index contributed by atoms with van der Waals surface area (Å²) in [6.07, 6.45) is 6.79. The molecule has 2 nitrogen and oxygen atoms in total. The maximum absolute atomic E-state index is 2.65. The molecule has 0 aliphatic carbocycles. The van der Waals surface area contributed by atoms with Gasteiger partial charge in [0.25, 0.3) is 0 Å². The van der Waals surface area contributed by atoms with Gasteiger partial charge in [0.05, 0.1) is 33.1 Å². The quantitative estimate of drug-likeness (QED) is 0.156. The van der Waals surface area contributed by atoms with Gasteiger partial charge in [-0.2, -0.15) is 4.57 Å². The summed E-state index contributed by atoms with van der Waals surface area (Å²) in [7, 11) is 0. The third kappa shape index (κ3) is 4.74. The van der Waals surface area contributed by atoms with Crippen molar-refractivity contribution in [2.45, 2.75) is 64.3 Å². The lowest BCUT2D eigenvalue weighted by atomic mass is 9.62. The van der Waals surface area contributed by atoms with E-state index in [2.05, 4.69) is 201 Å². The monoisotopic (exact) mass is 735 g/mol. The predicted octanol–water partition coefficient (Wildman–Crippen LogP) is 13.3. The van der Waals surface area contributed by atoms with E-state index >= 15 is 0 Å². The highest BCUT2D eigenvalue weighted by Crippen LogP contribution is 2.55. The van der Waals surface area contributed by atoms with Crippen molar-refractivity contribution in [2.24, 2.45) is 0 Å². The van der Waals surface area contributed by atoms with Crippen LogP contribution in [0.4, 0.5) is 0 Å². The third-order valence-corrected chi connectivity index (χ3v) is 14.0. The lowest BCUT2D eigenvalue weighted by Gasteiger charge is -2.42. The van der Waals surface area contributed by atoms with E-state index in [4.69, 9.17) is 0 Å². The first-order valence-corrected chi connectivity index (χ1v) is 20.8. The minimum absolute atomic E-state index is 0.0737. The van der Waals surface area contributed by atoms with E-state index < -0.39 is 5.41 Å². The van der Waals surface area contributed by atoms with Crippen LogP contribution in [0.2, 0.25) is 0 Å². The molecule has 2 aliphatic rings. The molecule has 0 fully saturated rings. The van der Waals surface area contributed by atoms with Crippen LogP contribution in [0.15, 0.2) is 164 Å². The minimum atomic E-state index is -0.553. The van der Waals surface area contributed by atoms with E-state index in [0.717, 1.165) is 25.7 Å². The Hall–Kier alpha value is -6.25. The molecular weight excluding hydrogens is 689 g/mol. The van der Waals surface area contributed by atoms with Gasteiger partial charge in [0.15, 0.2) is 11.7 Å². The van der Waals surface area contributed by atoms with Gasteiger partial charge in [-0.3, -0.25) is 0 Å². The van der Waals surface area contributed by atoms with Gasteiger partial charge in [-0.05, 0) is 94.9 Å². The molecular formula is C55H47N2+. The number of hydrogen-bond donors (Lipinski definition) is 0. The third-order valence-electron chi connectivity index (χ3n) is 14.0. The van der Waals surface area contributed by atoms with E-state index in [1.54, 1.807) is 0 Å². The van der Waals surface area contributed by atoms with Crippen LogP contribution in [-0.2, 0) is 17.4 Å². The molecule has 11 rings (SSSR count). The molecule has 0 spiro atoms. The smallest absolute Gasteiger partial charge is 0.221 e. The van der Waals surface area contributed by atoms with E-state index in [-0.39, 0.29) is 5.54 Å². The van der Waals surface area contributed by atoms with Crippen molar-refractivity contribution in [2.75, 3.05) is 0 Å². The largest absolute Gasteiger partial charge is 0.309 e. The number of fused-ring (bicyclic) bond motifs is 10. The number of aryl methyl sites for hydroxylation is 3. The summed E-state index contributed by atoms with van der Waals surface area (Å²) in [5.41, 5.74) is 17.7. The molecule has 2 aromatic heterocycles. The Morgan fingerprint density at radius 1 is 0.579 bits per heavy atom. The molecule has 0 bridgehead atoms. The molecule has 0 saturated heterocycles. The topological polar surface area (TPSA) is 8.81 Å². The molecule has 0 amide bonds. The number of pyridine rings is 1. The summed E-state index contributed by atoms with van der Waals surface area (Å²) >= 11 is 0. The van der Waals surface area contributed by atoms with Gasteiger partial charge < -0.3 is 4.57 Å². The van der Waals surface area contributed by atoms with Crippen LogP contribution < -0.4 is 4.57 Å². The van der Waals surface area contributed by atoms with Gasteiger partial charge in [-0.25, -0.2) is 0 Å². The SMILES string of the molecule is CCC1(CC)CCc2ccc(-c3ccc4c(c3)C(c3ccc(C)cc3)(c3ccc(C)cc3)c3cccc5c6ccccc6n-4c35)cc2-c2c3ccccc3cc[n+]21. The molecule has 0 N–H and O–H groups in total. The van der Waals surface area contributed by atoms with E-state index in [1.807, 2.05) is 0 Å². The van der Waals surface area contributed by atoms with Crippen molar-refractivity contribution in [1.82, 2.24) is 4.57 Å². The molecule has 4 heterocycles. The number of benzene rings is 7. The second-order valence-electron chi connectivity index (χ2n) is 16.7. The summed E-state index contributed by atoms with van der Waals surface area (Å²) in [4.78, 5) is 0. The number of para-hydroxylation sites is 2. The van der Waals surface area contributed by atoms with Crippen molar-refractivity contribution in [3.05, 3.63) is 203 Å². The average molecular weight is 736 g/mol. The zero-order chi connectivity index (χ0) is 38.5. The Bertz CT molecular complexity index is 3000. The summed E-state index contributed by atoms with van der Waals surface area (Å²) < 4.78 is 5.20. The summed E-state index contributed by atoms with van der Waals surface area (Å²) in [5, 5.41) is 5.21. The molecule has 9 aromatic rings. The molecule has 57 heavy (non-hydrogen) atoms. The second-order valence-corrected chi connectivity index (χ2v) is 16.7. The first kappa shape index (κ1) is 34.0. The zero-order valence-corrected chi connectivity index (χ0v) is 33.3. The van der Waals surface area contributed by atoms with Crippen LogP contribution in [0, 0.1) is 13.8 Å². The summed E-state index contributed by atoms with van der Waals surface area (Å²) in [6.45, 7) is 9.13. The number of rotatable bonds is 5. The zero-order valence-electron chi connectivity index (χ0n) is 33.3. The average Bonchev–Trinajstić information content (AvgIpc) is 3.52. The lowest BCUT2D eigenvalue weighted by Crippen LogP contribution is -2.56. The highest BCUT2D eigenvalue weighted by molar-refractivity contribution is 6.12. The van der Waals surface area contributed by atoms with Gasteiger partial charge >= 0.3 is 0 Å². The van der Waals surface area contributed by atoms with Gasteiger partial charge in [-0.1, -0.05) is 146 Å². The maximum Gasteiger partial charge on any atom is 0.221 e. The van der Waals surface area contributed by atoms with Gasteiger partial charge in [0.2, 0.25) is 5.69 Å². The van der Waals surface area contributed by atoms with Gasteiger partial charge in [0, 0.05) is 36.1 Å². The van der Waals surface area contributed by atoms with Crippen LogP contribution >= 0.6 is 0 Å². The highest BCUT2D eigenvalue weighted by Gasteiger charge is 2.46. The van der Waals surface area contributed by atoms with Crippen molar-refractivity contribution in [3.8, 4) is 28.1 Å². The Labute approximate surface area is 335 Å². The normalized spacial score (nSPS) is 14.9. The Balaban J connectivity index is 1.23. The summed E-state index contributed by atoms with van der Waals surface area (Å²) in [6, 6.07) is 60.5. The van der Waals surface area contributed by atoms with E-state index in [1.165, 1.54) is 99.6 Å². The lowest BCUT2D eigenvalue weighted by molar-refractivity contribution is -0.756. The van der Waals surface area contributed by atoms with Crippen molar-refractivity contribution >= 4 is 32.6 Å². The minimum Gasteiger partial charge on any atom is -0.309 e. The van der Waals surface area contributed by atoms with Crippen LogP contribution in [0.3, 0.4) is 0 Å². The number of aromatic nitrogens is 2. The number of nitrogens with zero attached hydrogens (tertiary/aromatic N) is 2. The first-order valence-electron chi connectivity index (χ1n) is 20.8. The van der Waals surface area contributed by atoms with Crippen LogP contribution in [-0.4, -0.2) is 4.57 Å². The second kappa shape index (κ2) is 12.6. The van der Waals surface area contributed by atoms with E-state index in [0.29, 0.717) is 0 Å². The molecule has 0 atom stereocenters. The molecule has 0 unspecified atom stereocenters. The fourth-order valence-corrected chi connectivity index (χ4v) is 10.8. The van der Waals surface area contributed by atoms with Crippen LogP contribution in [0.5, 0.6) is 0 Å². The molecule has 0 radical (unpaired) electrons. The van der Waals surface area contributed by atoms with Crippen LogP contribution in [0.25, 0.3) is 60.6 Å². The predicted molar refractivity (Wildman–Crippen MR) is 238 cm³/mol. The Kier molecular flexibility index (Phi) is 7.54. The standard InChI is InChI=1S/C55H47N2/c1-5-54(6-2)32-30-39-22-23-40(34-47(39)52-44-13-8-7-12-38(44)31-33-56(52)54)41-24-29-51-49(35-41)55(42-25-18-36(3)19-26-42,43-27-20-37(4)21-28-43)48-16-11-15-46-45-14-9-10-17-50(45)57(51)53(46)48/h7-29,31,33-35H,5-6,30,32H2,1-4H3/q+1. The first-order chi connectivity index (χ1) is 27.9. The Morgan fingerprint density at radius 2 is 1.23 bits per heavy atom. The molecule has 0 saturated carbocycles. The van der Waals surface area contributed by atoms with Crippen molar-refractivity contribution in [1.29, 1.82) is 0 Å². The van der Waals surface area contributed by atoms with Crippen LogP contribution in [0.1, 0.15) is 72.1 Å².